The number of carbonyl (C=O) groups is 1. The summed E-state index contributed by atoms with van der Waals surface area (Å²) in [7, 11) is -0.423. The van der Waals surface area contributed by atoms with Crippen LogP contribution in [0.15, 0.2) is 35.5 Å². The number of aromatic nitrogens is 1. The van der Waals surface area contributed by atoms with Crippen molar-refractivity contribution in [1.29, 1.82) is 0 Å². The summed E-state index contributed by atoms with van der Waals surface area (Å²) in [5, 5.41) is 2.58. The number of nitrogens with one attached hydrogen (secondary N) is 1. The molecule has 2 heterocycles. The molecule has 1 fully saturated rings. The number of methoxy groups -OCH3 is 1. The van der Waals surface area contributed by atoms with Gasteiger partial charge in [-0.2, -0.15) is 17.6 Å². The first-order chi connectivity index (χ1) is 15.3. The van der Waals surface area contributed by atoms with Gasteiger partial charge in [0.2, 0.25) is 5.82 Å². The molecule has 0 aliphatic carbocycles. The molecular formula is C21H21F5N2O4S. The highest BCUT2D eigenvalue weighted by Crippen LogP contribution is 2.55. The van der Waals surface area contributed by atoms with E-state index in [4.69, 9.17) is 9.47 Å². The minimum absolute atomic E-state index is 0.132. The third kappa shape index (κ3) is 4.45. The zero-order valence-electron chi connectivity index (χ0n) is 18.0. The smallest absolute Gasteiger partial charge is 0.417 e. The van der Waals surface area contributed by atoms with Crippen LogP contribution in [-0.4, -0.2) is 46.3 Å². The van der Waals surface area contributed by atoms with Gasteiger partial charge in [0.05, 0.1) is 17.9 Å². The molecule has 1 aliphatic rings. The Morgan fingerprint density at radius 1 is 1.27 bits per heavy atom. The van der Waals surface area contributed by atoms with Crippen LogP contribution in [0.3, 0.4) is 0 Å². The van der Waals surface area contributed by atoms with Crippen LogP contribution in [0.25, 0.3) is 0 Å². The van der Waals surface area contributed by atoms with Crippen LogP contribution < -0.4 is 10.1 Å². The average Bonchev–Trinajstić information content (AvgIpc) is 3.02. The lowest BCUT2D eigenvalue weighted by molar-refractivity contribution is -0.272. The number of ether oxygens (including phenoxy) is 2. The van der Waals surface area contributed by atoms with Crippen molar-refractivity contribution in [3.8, 4) is 5.75 Å². The Hall–Kier alpha value is -2.60. The molecule has 6 nitrogen and oxygen atoms in total. The van der Waals surface area contributed by atoms with Crippen molar-refractivity contribution in [2.75, 3.05) is 18.7 Å². The fourth-order valence-electron chi connectivity index (χ4n) is 3.90. The highest BCUT2D eigenvalue weighted by Gasteiger charge is 2.65. The highest BCUT2D eigenvalue weighted by molar-refractivity contribution is 7.84. The summed E-state index contributed by atoms with van der Waals surface area (Å²) in [6.07, 6.45) is -3.95. The maximum atomic E-state index is 14.4. The third-order valence-corrected chi connectivity index (χ3v) is 6.68. The number of rotatable bonds is 5. The first-order valence-electron chi connectivity index (χ1n) is 9.68. The topological polar surface area (TPSA) is 77.5 Å². The van der Waals surface area contributed by atoms with Crippen molar-refractivity contribution in [3.63, 3.8) is 0 Å². The molecule has 3 rings (SSSR count). The lowest BCUT2D eigenvalue weighted by Crippen LogP contribution is -2.47. The first kappa shape index (κ1) is 25.0. The molecule has 180 valence electrons. The van der Waals surface area contributed by atoms with Gasteiger partial charge in [-0.05, 0) is 25.1 Å². The fraction of sp³-hybridized carbons (Fsp3) is 0.429. The normalized spacial score (nSPS) is 26.2. The van der Waals surface area contributed by atoms with Crippen molar-refractivity contribution in [3.05, 3.63) is 47.7 Å². The van der Waals surface area contributed by atoms with Crippen molar-refractivity contribution >= 4 is 22.4 Å². The predicted octanol–water partition coefficient (Wildman–Crippen LogP) is 4.18. The molecule has 0 bridgehead atoms. The van der Waals surface area contributed by atoms with E-state index in [2.05, 4.69) is 10.3 Å². The number of nitrogens with zero attached hydrogens (tertiary/aromatic N) is 1. The number of pyridine rings is 1. The summed E-state index contributed by atoms with van der Waals surface area (Å²) in [5.41, 5.74) is -2.76. The monoisotopic (exact) mass is 492 g/mol. The largest absolute Gasteiger partial charge is 0.493 e. The van der Waals surface area contributed by atoms with E-state index in [1.54, 1.807) is 0 Å². The SMILES string of the molecule is COc1c(C2[C@H](C(=O)Nc3ccnc([S@@](C)=O)c3)O[C@@](C)(C(F)(F)F)[C@H]2C)ccc(F)c1F. The Balaban J connectivity index is 2.07. The second kappa shape index (κ2) is 8.98. The molecule has 1 saturated heterocycles. The molecule has 1 N–H and O–H groups in total. The van der Waals surface area contributed by atoms with Crippen LogP contribution in [0.4, 0.5) is 27.6 Å². The van der Waals surface area contributed by atoms with Crippen LogP contribution in [0, 0.1) is 17.6 Å². The average molecular weight is 492 g/mol. The second-order valence-electron chi connectivity index (χ2n) is 7.77. The standard InChI is InChI=1S/C21H21F5N2O4S/c1-10-15(12-5-6-13(22)16(23)17(12)31-3)18(32-20(10,2)21(24,25)26)19(29)28-11-7-8-27-14(9-11)33(4)30/h5-10,15,18H,1-4H3,(H,27,28,29)/t10-,15?,18+,20+,33+/m0/s1. The van der Waals surface area contributed by atoms with Gasteiger partial charge in [0, 0.05) is 35.5 Å². The fourth-order valence-corrected chi connectivity index (χ4v) is 4.40. The van der Waals surface area contributed by atoms with Crippen molar-refractivity contribution in [2.24, 2.45) is 5.92 Å². The van der Waals surface area contributed by atoms with Gasteiger partial charge in [-0.3, -0.25) is 9.00 Å². The van der Waals surface area contributed by atoms with E-state index in [9.17, 15) is 31.0 Å². The lowest BCUT2D eigenvalue weighted by Gasteiger charge is -2.32. The Bertz CT molecular complexity index is 1100. The van der Waals surface area contributed by atoms with Crippen LogP contribution in [0.5, 0.6) is 5.75 Å². The molecule has 2 aromatic rings. The van der Waals surface area contributed by atoms with Gasteiger partial charge >= 0.3 is 6.18 Å². The van der Waals surface area contributed by atoms with Crippen molar-refractivity contribution in [2.45, 2.75) is 42.7 Å². The predicted molar refractivity (Wildman–Crippen MR) is 109 cm³/mol. The van der Waals surface area contributed by atoms with E-state index in [1.807, 2.05) is 0 Å². The molecule has 33 heavy (non-hydrogen) atoms. The van der Waals surface area contributed by atoms with E-state index >= 15 is 0 Å². The van der Waals surface area contributed by atoms with Gasteiger partial charge in [0.25, 0.3) is 5.91 Å². The maximum Gasteiger partial charge on any atom is 0.417 e. The summed E-state index contributed by atoms with van der Waals surface area (Å²) >= 11 is 0. The summed E-state index contributed by atoms with van der Waals surface area (Å²) in [4.78, 5) is 17.0. The van der Waals surface area contributed by atoms with Gasteiger partial charge in [0.1, 0.15) is 11.1 Å². The molecule has 0 radical (unpaired) electrons. The molecule has 1 amide bonds. The zero-order valence-corrected chi connectivity index (χ0v) is 18.8. The number of amides is 1. The Kier molecular flexibility index (Phi) is 6.81. The van der Waals surface area contributed by atoms with E-state index < -0.39 is 63.8 Å². The summed E-state index contributed by atoms with van der Waals surface area (Å²) in [6.45, 7) is 2.02. The van der Waals surface area contributed by atoms with E-state index in [-0.39, 0.29) is 16.3 Å². The summed E-state index contributed by atoms with van der Waals surface area (Å²) in [5.74, 6) is -6.89. The molecule has 1 aromatic heterocycles. The van der Waals surface area contributed by atoms with Crippen molar-refractivity contribution in [1.82, 2.24) is 4.98 Å². The number of hydrogen-bond acceptors (Lipinski definition) is 5. The van der Waals surface area contributed by atoms with Crippen LogP contribution in [-0.2, 0) is 20.3 Å². The number of alkyl halides is 3. The Morgan fingerprint density at radius 3 is 2.52 bits per heavy atom. The molecule has 1 unspecified atom stereocenters. The summed E-state index contributed by atoms with van der Waals surface area (Å²) < 4.78 is 91.8. The number of hydrogen-bond donors (Lipinski definition) is 1. The zero-order chi connectivity index (χ0) is 24.7. The second-order valence-corrected chi connectivity index (χ2v) is 9.09. The molecule has 0 saturated carbocycles. The van der Waals surface area contributed by atoms with E-state index in [1.165, 1.54) is 31.5 Å². The van der Waals surface area contributed by atoms with Gasteiger partial charge < -0.3 is 14.8 Å². The number of benzene rings is 1. The Labute approximate surface area is 188 Å². The number of carbonyl (C=O) groups excluding carboxylic acids is 1. The minimum atomic E-state index is -4.87. The van der Waals surface area contributed by atoms with Crippen LogP contribution in [0.1, 0.15) is 25.3 Å². The summed E-state index contributed by atoms with van der Waals surface area (Å²) in [6, 6.07) is 4.50. The lowest BCUT2D eigenvalue weighted by atomic mass is 9.77. The van der Waals surface area contributed by atoms with Gasteiger partial charge in [-0.15, -0.1) is 0 Å². The Morgan fingerprint density at radius 2 is 1.94 bits per heavy atom. The highest BCUT2D eigenvalue weighted by atomic mass is 32.2. The molecular weight excluding hydrogens is 471 g/mol. The quantitative estimate of drug-likeness (QED) is 0.634. The van der Waals surface area contributed by atoms with Crippen molar-refractivity contribution < 1.29 is 40.4 Å². The van der Waals surface area contributed by atoms with E-state index in [0.29, 0.717) is 0 Å². The molecule has 12 heteroatoms. The third-order valence-electron chi connectivity index (χ3n) is 5.87. The van der Waals surface area contributed by atoms with Crippen LogP contribution >= 0.6 is 0 Å². The molecule has 1 aliphatic heterocycles. The molecule has 5 atom stereocenters. The molecule has 1 aromatic carbocycles. The minimum Gasteiger partial charge on any atom is -0.493 e. The van der Waals surface area contributed by atoms with E-state index in [0.717, 1.165) is 26.2 Å². The molecule has 0 spiro atoms. The van der Waals surface area contributed by atoms with Gasteiger partial charge in [0.15, 0.2) is 17.2 Å². The van der Waals surface area contributed by atoms with Gasteiger partial charge in [-0.1, -0.05) is 13.0 Å². The maximum absolute atomic E-state index is 14.4. The van der Waals surface area contributed by atoms with Crippen LogP contribution in [0.2, 0.25) is 0 Å². The number of anilines is 1. The van der Waals surface area contributed by atoms with Gasteiger partial charge in [-0.25, -0.2) is 9.37 Å². The first-order valence-corrected chi connectivity index (χ1v) is 11.2. The number of halogens is 5.